The van der Waals surface area contributed by atoms with E-state index in [1.807, 2.05) is 18.2 Å². The molecule has 1 aliphatic heterocycles. The molecule has 3 N–H and O–H groups in total. The highest BCUT2D eigenvalue weighted by atomic mass is 16.3. The van der Waals surface area contributed by atoms with Gasteiger partial charge in [-0.15, -0.1) is 0 Å². The van der Waals surface area contributed by atoms with E-state index in [2.05, 4.69) is 10.6 Å². The van der Waals surface area contributed by atoms with Crippen LogP contribution in [-0.4, -0.2) is 29.7 Å². The van der Waals surface area contributed by atoms with E-state index in [1.54, 1.807) is 0 Å². The van der Waals surface area contributed by atoms with Gasteiger partial charge in [-0.05, 0) is 37.0 Å². The van der Waals surface area contributed by atoms with Crippen LogP contribution in [0.5, 0.6) is 0 Å². The Morgan fingerprint density at radius 3 is 2.90 bits per heavy atom. The van der Waals surface area contributed by atoms with Gasteiger partial charge in [-0.25, -0.2) is 0 Å². The number of amides is 1. The number of nitrogens with one attached hydrogen (secondary N) is 2. The van der Waals surface area contributed by atoms with Crippen LogP contribution < -0.4 is 10.6 Å². The fourth-order valence-electron chi connectivity index (χ4n) is 3.17. The molecule has 4 nitrogen and oxygen atoms in total. The van der Waals surface area contributed by atoms with E-state index in [0.29, 0.717) is 12.1 Å². The van der Waals surface area contributed by atoms with Crippen LogP contribution in [-0.2, 0) is 6.42 Å². The minimum absolute atomic E-state index is 0.0968. The number of hydrogen-bond acceptors (Lipinski definition) is 3. The van der Waals surface area contributed by atoms with Crippen LogP contribution in [0.2, 0.25) is 0 Å². The number of rotatable bonds is 3. The van der Waals surface area contributed by atoms with Gasteiger partial charge >= 0.3 is 0 Å². The maximum Gasteiger partial charge on any atom is 0.251 e. The van der Waals surface area contributed by atoms with E-state index in [-0.39, 0.29) is 5.91 Å². The summed E-state index contributed by atoms with van der Waals surface area (Å²) in [6.45, 7) is 1.30. The fourth-order valence-corrected chi connectivity index (χ4v) is 3.17. The van der Waals surface area contributed by atoms with Crippen LogP contribution in [0.1, 0.15) is 48.0 Å². The van der Waals surface area contributed by atoms with E-state index < -0.39 is 5.60 Å². The lowest BCUT2D eigenvalue weighted by atomic mass is 9.85. The molecule has 0 spiro atoms. The lowest BCUT2D eigenvalue weighted by Crippen LogP contribution is -2.44. The van der Waals surface area contributed by atoms with Crippen molar-refractivity contribution in [2.45, 2.75) is 44.1 Å². The third-order valence-electron chi connectivity index (χ3n) is 4.44. The lowest BCUT2D eigenvalue weighted by Gasteiger charge is -2.32. The first-order valence-electron chi connectivity index (χ1n) is 7.54. The molecule has 108 valence electrons. The molecule has 1 saturated carbocycles. The summed E-state index contributed by atoms with van der Waals surface area (Å²) >= 11 is 0. The van der Waals surface area contributed by atoms with Crippen LogP contribution in [0.4, 0.5) is 5.69 Å². The Kier molecular flexibility index (Phi) is 3.66. The smallest absolute Gasteiger partial charge is 0.251 e. The van der Waals surface area contributed by atoms with Gasteiger partial charge in [-0.2, -0.15) is 0 Å². The second-order valence-electron chi connectivity index (χ2n) is 6.02. The second kappa shape index (κ2) is 5.44. The molecule has 2 aliphatic rings. The van der Waals surface area contributed by atoms with Gasteiger partial charge in [-0.3, -0.25) is 4.79 Å². The average Bonchev–Trinajstić information content (AvgIpc) is 2.93. The molecule has 1 aromatic rings. The molecular formula is C16H22N2O2. The van der Waals surface area contributed by atoms with Crippen LogP contribution >= 0.6 is 0 Å². The fraction of sp³-hybridized carbons (Fsp3) is 0.562. The molecule has 1 aromatic carbocycles. The second-order valence-corrected chi connectivity index (χ2v) is 6.02. The first kappa shape index (κ1) is 13.4. The summed E-state index contributed by atoms with van der Waals surface area (Å²) in [5, 5.41) is 16.6. The zero-order valence-corrected chi connectivity index (χ0v) is 11.7. The number of carbonyl (C=O) groups is 1. The van der Waals surface area contributed by atoms with E-state index in [0.717, 1.165) is 44.3 Å². The molecule has 0 saturated heterocycles. The highest BCUT2D eigenvalue weighted by molar-refractivity contribution is 5.95. The zero-order valence-electron chi connectivity index (χ0n) is 11.7. The summed E-state index contributed by atoms with van der Waals surface area (Å²) in [4.78, 5) is 12.2. The molecule has 3 rings (SSSR count). The molecule has 20 heavy (non-hydrogen) atoms. The van der Waals surface area contributed by atoms with Crippen molar-refractivity contribution in [3.63, 3.8) is 0 Å². The molecule has 0 atom stereocenters. The van der Waals surface area contributed by atoms with Gasteiger partial charge in [0.05, 0.1) is 5.60 Å². The van der Waals surface area contributed by atoms with Crippen LogP contribution in [0.25, 0.3) is 0 Å². The quantitative estimate of drug-likeness (QED) is 0.791. The summed E-state index contributed by atoms with van der Waals surface area (Å²) in [6.07, 6.45) is 5.89. The third-order valence-corrected chi connectivity index (χ3v) is 4.44. The lowest BCUT2D eigenvalue weighted by molar-refractivity contribution is 0.00526. The van der Waals surface area contributed by atoms with Crippen molar-refractivity contribution in [1.29, 1.82) is 0 Å². The number of carbonyl (C=O) groups excluding carboxylic acids is 1. The van der Waals surface area contributed by atoms with Gasteiger partial charge in [0.15, 0.2) is 0 Å². The van der Waals surface area contributed by atoms with Crippen molar-refractivity contribution in [2.24, 2.45) is 0 Å². The minimum atomic E-state index is -0.705. The normalized spacial score (nSPS) is 20.1. The molecule has 4 heteroatoms. The standard InChI is InChI=1S/C16H22N2O2/c19-15(18-11-16(20)7-2-1-3-8-16)13-5-4-12-6-9-17-14(12)10-13/h4-5,10,17,20H,1-3,6-9,11H2,(H,18,19). The first-order chi connectivity index (χ1) is 9.66. The maximum absolute atomic E-state index is 12.2. The Balaban J connectivity index is 1.61. The van der Waals surface area contributed by atoms with Crippen molar-refractivity contribution in [1.82, 2.24) is 5.32 Å². The molecule has 1 heterocycles. The molecule has 1 amide bonds. The summed E-state index contributed by atoms with van der Waals surface area (Å²) < 4.78 is 0. The van der Waals surface area contributed by atoms with Gasteiger partial charge < -0.3 is 15.7 Å². The monoisotopic (exact) mass is 274 g/mol. The highest BCUT2D eigenvalue weighted by Crippen LogP contribution is 2.27. The Morgan fingerprint density at radius 1 is 1.30 bits per heavy atom. The topological polar surface area (TPSA) is 61.4 Å². The minimum Gasteiger partial charge on any atom is -0.388 e. The van der Waals surface area contributed by atoms with Crippen molar-refractivity contribution >= 4 is 11.6 Å². The summed E-state index contributed by atoms with van der Waals surface area (Å²) in [6, 6.07) is 5.79. The van der Waals surface area contributed by atoms with Crippen molar-refractivity contribution < 1.29 is 9.90 Å². The van der Waals surface area contributed by atoms with Crippen LogP contribution in [0.15, 0.2) is 18.2 Å². The predicted molar refractivity (Wildman–Crippen MR) is 79.0 cm³/mol. The van der Waals surface area contributed by atoms with Gasteiger partial charge in [-0.1, -0.05) is 25.3 Å². The molecule has 0 unspecified atom stereocenters. The van der Waals surface area contributed by atoms with Crippen molar-refractivity contribution in [3.8, 4) is 0 Å². The summed E-state index contributed by atoms with van der Waals surface area (Å²) in [5.41, 5.74) is 2.29. The van der Waals surface area contributed by atoms with Crippen LogP contribution in [0, 0.1) is 0 Å². The van der Waals surface area contributed by atoms with Gasteiger partial charge in [0.1, 0.15) is 0 Å². The number of benzene rings is 1. The molecule has 0 bridgehead atoms. The predicted octanol–water partition coefficient (Wildman–Crippen LogP) is 2.08. The van der Waals surface area contributed by atoms with Crippen molar-refractivity contribution in [3.05, 3.63) is 29.3 Å². The van der Waals surface area contributed by atoms with E-state index in [9.17, 15) is 9.90 Å². The molecule has 1 aliphatic carbocycles. The van der Waals surface area contributed by atoms with Crippen LogP contribution in [0.3, 0.4) is 0 Å². The van der Waals surface area contributed by atoms with Gasteiger partial charge in [0.25, 0.3) is 5.91 Å². The number of fused-ring (bicyclic) bond motifs is 1. The molecule has 0 aromatic heterocycles. The third kappa shape index (κ3) is 2.80. The SMILES string of the molecule is O=C(NCC1(O)CCCCC1)c1ccc2c(c1)NCC2. The summed E-state index contributed by atoms with van der Waals surface area (Å²) in [7, 11) is 0. The largest absolute Gasteiger partial charge is 0.388 e. The van der Waals surface area contributed by atoms with E-state index in [1.165, 1.54) is 12.0 Å². The van der Waals surface area contributed by atoms with Crippen molar-refractivity contribution in [2.75, 3.05) is 18.4 Å². The Bertz CT molecular complexity index is 507. The average molecular weight is 274 g/mol. The number of aliphatic hydroxyl groups is 1. The van der Waals surface area contributed by atoms with E-state index in [4.69, 9.17) is 0 Å². The molecule has 0 radical (unpaired) electrons. The summed E-state index contributed by atoms with van der Waals surface area (Å²) in [5.74, 6) is -0.0968. The van der Waals surface area contributed by atoms with Gasteiger partial charge in [0.2, 0.25) is 0 Å². The Hall–Kier alpha value is -1.55. The number of hydrogen-bond donors (Lipinski definition) is 3. The van der Waals surface area contributed by atoms with Gasteiger partial charge in [0, 0.05) is 24.3 Å². The Labute approximate surface area is 119 Å². The maximum atomic E-state index is 12.2. The zero-order chi connectivity index (χ0) is 14.0. The first-order valence-corrected chi connectivity index (χ1v) is 7.54. The Morgan fingerprint density at radius 2 is 2.10 bits per heavy atom. The molecular weight excluding hydrogens is 252 g/mol. The number of anilines is 1. The van der Waals surface area contributed by atoms with E-state index >= 15 is 0 Å². The highest BCUT2D eigenvalue weighted by Gasteiger charge is 2.29. The molecule has 1 fully saturated rings.